The van der Waals surface area contributed by atoms with E-state index in [2.05, 4.69) is 31.0 Å². The number of rotatable bonds is 8. The number of hydrogen-bond acceptors (Lipinski definition) is 8. The van der Waals surface area contributed by atoms with Gasteiger partial charge >= 0.3 is 0 Å². The molecular weight excluding hydrogens is 436 g/mol. The van der Waals surface area contributed by atoms with Gasteiger partial charge in [0.05, 0.1) is 26.5 Å². The smallest absolute Gasteiger partial charge is 0.290 e. The summed E-state index contributed by atoms with van der Waals surface area (Å²) in [6.07, 6.45) is 0. The van der Waals surface area contributed by atoms with Crippen LogP contribution in [0, 0.1) is 0 Å². The fourth-order valence-corrected chi connectivity index (χ4v) is 3.52. The lowest BCUT2D eigenvalue weighted by molar-refractivity contribution is 0.340. The highest BCUT2D eigenvalue weighted by Crippen LogP contribution is 2.39. The van der Waals surface area contributed by atoms with Crippen LogP contribution in [0.4, 0.5) is 5.69 Å². The number of hydrogen-bond donors (Lipinski definition) is 3. The number of aromatic nitrogens is 2. The van der Waals surface area contributed by atoms with Crippen LogP contribution in [-0.2, 0) is 0 Å². The highest BCUT2D eigenvalue weighted by Gasteiger charge is 2.23. The average molecular weight is 465 g/mol. The molecule has 0 fully saturated rings. The van der Waals surface area contributed by atoms with Gasteiger partial charge in [-0.05, 0) is 55.8 Å². The van der Waals surface area contributed by atoms with Crippen molar-refractivity contribution in [3.05, 3.63) is 63.9 Å². The predicted octanol–water partition coefficient (Wildman–Crippen LogP) is 4.34. The maximum Gasteiger partial charge on any atom is 0.290 e. The second kappa shape index (κ2) is 11.1. The summed E-state index contributed by atoms with van der Waals surface area (Å²) in [5.74, 6) is 1.15. The number of methoxy groups -OCH3 is 1. The minimum Gasteiger partial charge on any atom is -0.504 e. The Morgan fingerprint density at radius 3 is 2.62 bits per heavy atom. The van der Waals surface area contributed by atoms with E-state index in [4.69, 9.17) is 9.47 Å². The van der Waals surface area contributed by atoms with Crippen molar-refractivity contribution in [2.24, 2.45) is 15.3 Å². The van der Waals surface area contributed by atoms with Gasteiger partial charge in [-0.2, -0.15) is 10.2 Å². The molecule has 3 rings (SSSR count). The van der Waals surface area contributed by atoms with Crippen molar-refractivity contribution in [1.82, 2.24) is 15.6 Å². The highest BCUT2D eigenvalue weighted by molar-refractivity contribution is 5.83. The number of ether oxygens (including phenoxy) is 2. The van der Waals surface area contributed by atoms with E-state index in [9.17, 15) is 9.90 Å². The molecule has 0 saturated carbocycles. The largest absolute Gasteiger partial charge is 0.504 e. The number of nitrogens with one attached hydrogen (secondary N) is 2. The van der Waals surface area contributed by atoms with Crippen LogP contribution < -0.4 is 20.5 Å². The molecule has 0 saturated heterocycles. The lowest BCUT2D eigenvalue weighted by atomic mass is 9.89. The number of aromatic amines is 1. The molecule has 1 atom stereocenters. The molecule has 3 aromatic rings. The van der Waals surface area contributed by atoms with Crippen molar-refractivity contribution in [1.29, 1.82) is 0 Å². The van der Waals surface area contributed by atoms with Crippen LogP contribution in [0.1, 0.15) is 37.8 Å². The molecule has 0 spiro atoms. The van der Waals surface area contributed by atoms with Gasteiger partial charge in [-0.3, -0.25) is 4.79 Å². The first-order valence-electron chi connectivity index (χ1n) is 10.7. The number of benzene rings is 2. The Hall–Kier alpha value is -4.21. The molecule has 0 unspecified atom stereocenters. The predicted molar refractivity (Wildman–Crippen MR) is 130 cm³/mol. The van der Waals surface area contributed by atoms with Gasteiger partial charge in [0, 0.05) is 17.0 Å². The molecule has 1 aromatic heterocycles. The van der Waals surface area contributed by atoms with Crippen LogP contribution in [-0.4, -0.2) is 41.9 Å². The molecule has 178 valence electrons. The van der Waals surface area contributed by atoms with Gasteiger partial charge in [-0.1, -0.05) is 18.2 Å². The van der Waals surface area contributed by atoms with Gasteiger partial charge in [-0.25, -0.2) is 15.5 Å². The first-order valence-corrected chi connectivity index (χ1v) is 10.7. The first kappa shape index (κ1) is 24.4. The van der Waals surface area contributed by atoms with Crippen molar-refractivity contribution in [3.63, 3.8) is 0 Å². The number of phenols is 1. The minimum atomic E-state index is -0.447. The van der Waals surface area contributed by atoms with Crippen molar-refractivity contribution in [2.45, 2.75) is 26.7 Å². The summed E-state index contributed by atoms with van der Waals surface area (Å²) in [7, 11) is 3.01. The van der Waals surface area contributed by atoms with E-state index >= 15 is 0 Å². The summed E-state index contributed by atoms with van der Waals surface area (Å²) in [6.45, 7) is 6.10. The lowest BCUT2D eigenvalue weighted by Crippen LogP contribution is -2.18. The van der Waals surface area contributed by atoms with Crippen LogP contribution in [0.15, 0.2) is 62.6 Å². The molecule has 0 aliphatic heterocycles. The van der Waals surface area contributed by atoms with Gasteiger partial charge in [-0.15, -0.1) is 0 Å². The summed E-state index contributed by atoms with van der Waals surface area (Å²) >= 11 is 0. The third-order valence-corrected chi connectivity index (χ3v) is 5.16. The molecule has 2 aromatic carbocycles. The lowest BCUT2D eigenvalue weighted by Gasteiger charge is -2.19. The van der Waals surface area contributed by atoms with Crippen molar-refractivity contribution in [3.8, 4) is 28.5 Å². The van der Waals surface area contributed by atoms with Gasteiger partial charge < -0.3 is 14.6 Å². The number of phenolic OH excluding ortho intramolecular Hbond substituents is 1. The summed E-state index contributed by atoms with van der Waals surface area (Å²) in [5, 5.41) is 24.3. The molecule has 0 aliphatic rings. The number of aromatic hydroxyl groups is 1. The van der Waals surface area contributed by atoms with Crippen molar-refractivity contribution in [2.75, 3.05) is 20.8 Å². The molecule has 0 amide bonds. The SMILES string of the molecule is CCOc1ccc(-c2n[nH]c(=O)c(N=C(C)NN=NC)c2[C@H](C)c2ccc(O)c(OC)c2)cc1. The van der Waals surface area contributed by atoms with Crippen molar-refractivity contribution >= 4 is 11.5 Å². The molecular formula is C24H28N6O4. The van der Waals surface area contributed by atoms with Crippen molar-refractivity contribution < 1.29 is 14.6 Å². The Morgan fingerprint density at radius 2 is 1.97 bits per heavy atom. The van der Waals surface area contributed by atoms with Crippen LogP contribution in [0.3, 0.4) is 0 Å². The molecule has 34 heavy (non-hydrogen) atoms. The number of aliphatic imine (C=N–C) groups is 1. The first-order chi connectivity index (χ1) is 16.4. The zero-order valence-electron chi connectivity index (χ0n) is 19.8. The normalized spacial score (nSPS) is 12.6. The average Bonchev–Trinajstić information content (AvgIpc) is 2.84. The van der Waals surface area contributed by atoms with Gasteiger partial charge in [0.1, 0.15) is 17.3 Å². The third-order valence-electron chi connectivity index (χ3n) is 5.16. The quantitative estimate of drug-likeness (QED) is 0.197. The van der Waals surface area contributed by atoms with E-state index < -0.39 is 5.56 Å². The molecule has 10 nitrogen and oxygen atoms in total. The van der Waals surface area contributed by atoms with Crippen LogP contribution in [0.2, 0.25) is 0 Å². The maximum absolute atomic E-state index is 12.9. The molecule has 3 N–H and O–H groups in total. The van der Waals surface area contributed by atoms with Crippen LogP contribution in [0.5, 0.6) is 17.2 Å². The Kier molecular flexibility index (Phi) is 7.96. The standard InChI is InChI=1S/C24H28N6O4/c1-6-34-18-10-7-16(8-11-18)22-21(14(2)17-9-12-19(31)20(13-17)33-5)23(24(32)29-28-22)26-15(3)27-30-25-4/h7-14,31H,6H2,1-5H3,(H,29,32)(H,25,26,27,28)/t14-/m1/s1. The Morgan fingerprint density at radius 1 is 1.24 bits per heavy atom. The summed E-state index contributed by atoms with van der Waals surface area (Å²) in [4.78, 5) is 17.4. The zero-order chi connectivity index (χ0) is 24.7. The summed E-state index contributed by atoms with van der Waals surface area (Å²) in [5.41, 5.74) is 5.19. The summed E-state index contributed by atoms with van der Waals surface area (Å²) < 4.78 is 10.8. The highest BCUT2D eigenvalue weighted by atomic mass is 16.5. The monoisotopic (exact) mass is 464 g/mol. The number of nitrogens with zero attached hydrogens (tertiary/aromatic N) is 4. The van der Waals surface area contributed by atoms with E-state index in [1.54, 1.807) is 25.1 Å². The Bertz CT molecular complexity index is 1250. The molecule has 10 heteroatoms. The second-order valence-electron chi connectivity index (χ2n) is 7.38. The van der Waals surface area contributed by atoms with Gasteiger partial charge in [0.2, 0.25) is 0 Å². The third kappa shape index (κ3) is 5.40. The van der Waals surface area contributed by atoms with E-state index in [0.717, 1.165) is 16.9 Å². The van der Waals surface area contributed by atoms with E-state index in [0.29, 0.717) is 29.4 Å². The molecule has 0 radical (unpaired) electrons. The topological polar surface area (TPSA) is 134 Å². The Labute approximate surface area is 197 Å². The fourth-order valence-electron chi connectivity index (χ4n) is 3.52. The minimum absolute atomic E-state index is 0.0254. The van der Waals surface area contributed by atoms with E-state index in [1.165, 1.54) is 14.2 Å². The zero-order valence-corrected chi connectivity index (χ0v) is 19.8. The number of H-pyrrole nitrogens is 1. The molecule has 1 heterocycles. The summed E-state index contributed by atoms with van der Waals surface area (Å²) in [6, 6.07) is 12.5. The van der Waals surface area contributed by atoms with Crippen LogP contribution in [0.25, 0.3) is 11.3 Å². The fraction of sp³-hybridized carbons (Fsp3) is 0.292. The van der Waals surface area contributed by atoms with E-state index in [-0.39, 0.29) is 17.4 Å². The Balaban J connectivity index is 2.24. The second-order valence-corrected chi connectivity index (χ2v) is 7.38. The number of amidine groups is 1. The van der Waals surface area contributed by atoms with E-state index in [1.807, 2.05) is 38.1 Å². The van der Waals surface area contributed by atoms with Gasteiger partial charge in [0.25, 0.3) is 5.56 Å². The van der Waals surface area contributed by atoms with Crippen LogP contribution >= 0.6 is 0 Å². The molecule has 0 bridgehead atoms. The van der Waals surface area contributed by atoms with Gasteiger partial charge in [0.15, 0.2) is 11.5 Å². The molecule has 0 aliphatic carbocycles. The maximum atomic E-state index is 12.9.